The van der Waals surface area contributed by atoms with Gasteiger partial charge in [0.1, 0.15) is 0 Å². The van der Waals surface area contributed by atoms with Crippen molar-refractivity contribution in [1.82, 2.24) is 0 Å². The second-order valence-electron chi connectivity index (χ2n) is 5.64. The molecule has 6 heteroatoms. The van der Waals surface area contributed by atoms with E-state index < -0.39 is 10.0 Å². The number of sulfonamides is 1. The molecule has 122 valence electrons. The number of benzene rings is 2. The fourth-order valence-corrected chi connectivity index (χ4v) is 3.73. The van der Waals surface area contributed by atoms with Crippen molar-refractivity contribution in [1.29, 1.82) is 0 Å². The van der Waals surface area contributed by atoms with Gasteiger partial charge in [0, 0.05) is 18.3 Å². The van der Waals surface area contributed by atoms with E-state index >= 15 is 0 Å². The van der Waals surface area contributed by atoms with Crippen LogP contribution in [0.15, 0.2) is 41.3 Å². The highest BCUT2D eigenvalue weighted by molar-refractivity contribution is 7.92. The zero-order valence-electron chi connectivity index (χ0n) is 13.6. The number of hydrogen-bond acceptors (Lipinski definition) is 3. The van der Waals surface area contributed by atoms with Gasteiger partial charge in [-0.25, -0.2) is 8.42 Å². The molecule has 0 saturated carbocycles. The molecule has 2 aromatic carbocycles. The van der Waals surface area contributed by atoms with Gasteiger partial charge in [0.05, 0.1) is 4.90 Å². The number of nitrogens with one attached hydrogen (secondary N) is 2. The second kappa shape index (κ2) is 6.42. The van der Waals surface area contributed by atoms with Crippen molar-refractivity contribution in [2.24, 2.45) is 0 Å². The summed E-state index contributed by atoms with van der Waals surface area (Å²) in [6.07, 6.45) is 0. The van der Waals surface area contributed by atoms with E-state index in [1.54, 1.807) is 31.2 Å². The Kier molecular flexibility index (Phi) is 4.75. The molecule has 2 N–H and O–H groups in total. The van der Waals surface area contributed by atoms with Crippen LogP contribution in [-0.2, 0) is 14.8 Å². The lowest BCUT2D eigenvalue weighted by Gasteiger charge is -2.13. The molecule has 0 aliphatic carbocycles. The first kappa shape index (κ1) is 17.0. The van der Waals surface area contributed by atoms with E-state index in [2.05, 4.69) is 10.0 Å². The standard InChI is InChI=1S/C17H20N2O3S/c1-11-7-12(2)9-16(8-11)19-23(21,22)17-10-15(18-14(4)20)6-5-13(17)3/h5-10,19H,1-4H3,(H,18,20). The topological polar surface area (TPSA) is 75.3 Å². The molecule has 0 heterocycles. The Morgan fingerprint density at radius 3 is 2.09 bits per heavy atom. The highest BCUT2D eigenvalue weighted by Gasteiger charge is 2.18. The fraction of sp³-hybridized carbons (Fsp3) is 0.235. The van der Waals surface area contributed by atoms with Crippen LogP contribution >= 0.6 is 0 Å². The lowest BCUT2D eigenvalue weighted by atomic mass is 10.1. The van der Waals surface area contributed by atoms with E-state index in [0.717, 1.165) is 11.1 Å². The molecule has 0 saturated heterocycles. The van der Waals surface area contributed by atoms with Gasteiger partial charge in [-0.2, -0.15) is 0 Å². The molecule has 5 nitrogen and oxygen atoms in total. The Bertz CT molecular complexity index is 838. The van der Waals surface area contributed by atoms with Crippen molar-refractivity contribution in [2.45, 2.75) is 32.6 Å². The summed E-state index contributed by atoms with van der Waals surface area (Å²) in [5.74, 6) is -0.250. The quantitative estimate of drug-likeness (QED) is 0.901. The zero-order valence-corrected chi connectivity index (χ0v) is 14.4. The number of aryl methyl sites for hydroxylation is 3. The summed E-state index contributed by atoms with van der Waals surface area (Å²) in [4.78, 5) is 11.3. The predicted molar refractivity (Wildman–Crippen MR) is 92.2 cm³/mol. The lowest BCUT2D eigenvalue weighted by molar-refractivity contribution is -0.114. The molecular weight excluding hydrogens is 312 g/mol. The average Bonchev–Trinajstić information content (AvgIpc) is 2.38. The normalized spacial score (nSPS) is 11.1. The molecule has 23 heavy (non-hydrogen) atoms. The summed E-state index contributed by atoms with van der Waals surface area (Å²) < 4.78 is 27.9. The third-order valence-corrected chi connectivity index (χ3v) is 4.80. The van der Waals surface area contributed by atoms with Crippen molar-refractivity contribution in [2.75, 3.05) is 10.0 Å². The monoisotopic (exact) mass is 332 g/mol. The minimum Gasteiger partial charge on any atom is -0.326 e. The second-order valence-corrected chi connectivity index (χ2v) is 7.29. The highest BCUT2D eigenvalue weighted by atomic mass is 32.2. The molecule has 0 spiro atoms. The van der Waals surface area contributed by atoms with Gasteiger partial charge >= 0.3 is 0 Å². The summed E-state index contributed by atoms with van der Waals surface area (Å²) in [5, 5.41) is 2.60. The molecule has 0 aliphatic heterocycles. The average molecular weight is 332 g/mol. The highest BCUT2D eigenvalue weighted by Crippen LogP contribution is 2.24. The van der Waals surface area contributed by atoms with Crippen LogP contribution < -0.4 is 10.0 Å². The Balaban J connectivity index is 2.40. The van der Waals surface area contributed by atoms with E-state index in [1.807, 2.05) is 19.9 Å². The molecule has 0 aliphatic rings. The third-order valence-electron chi connectivity index (χ3n) is 3.27. The molecule has 0 unspecified atom stereocenters. The van der Waals surface area contributed by atoms with Crippen LogP contribution in [0.5, 0.6) is 0 Å². The van der Waals surface area contributed by atoms with Crippen LogP contribution in [0.3, 0.4) is 0 Å². The molecule has 2 rings (SSSR count). The van der Waals surface area contributed by atoms with E-state index in [-0.39, 0.29) is 10.8 Å². The van der Waals surface area contributed by atoms with Crippen molar-refractivity contribution in [3.63, 3.8) is 0 Å². The number of anilines is 2. The molecule has 2 aromatic rings. The van der Waals surface area contributed by atoms with Crippen molar-refractivity contribution in [3.05, 3.63) is 53.1 Å². The van der Waals surface area contributed by atoms with Gasteiger partial charge in [-0.15, -0.1) is 0 Å². The van der Waals surface area contributed by atoms with E-state index in [0.29, 0.717) is 16.9 Å². The van der Waals surface area contributed by atoms with Gasteiger partial charge < -0.3 is 5.32 Å². The van der Waals surface area contributed by atoms with E-state index in [9.17, 15) is 13.2 Å². The summed E-state index contributed by atoms with van der Waals surface area (Å²) in [7, 11) is -3.74. The summed E-state index contributed by atoms with van der Waals surface area (Å²) >= 11 is 0. The number of hydrogen-bond donors (Lipinski definition) is 2. The molecule has 1 amide bonds. The minimum absolute atomic E-state index is 0.142. The maximum Gasteiger partial charge on any atom is 0.262 e. The lowest BCUT2D eigenvalue weighted by Crippen LogP contribution is -2.15. The van der Waals surface area contributed by atoms with Crippen LogP contribution in [0.4, 0.5) is 11.4 Å². The SMILES string of the molecule is CC(=O)Nc1ccc(C)c(S(=O)(=O)Nc2cc(C)cc(C)c2)c1. The molecule has 0 aromatic heterocycles. The maximum absolute atomic E-state index is 12.7. The Morgan fingerprint density at radius 2 is 1.52 bits per heavy atom. The fourth-order valence-electron chi connectivity index (χ4n) is 2.41. The number of rotatable bonds is 4. The predicted octanol–water partition coefficient (Wildman–Crippen LogP) is 3.37. The van der Waals surface area contributed by atoms with Crippen LogP contribution in [0.25, 0.3) is 0 Å². The van der Waals surface area contributed by atoms with Gasteiger partial charge in [0.2, 0.25) is 5.91 Å². The van der Waals surface area contributed by atoms with Crippen LogP contribution in [-0.4, -0.2) is 14.3 Å². The first-order valence-corrected chi connectivity index (χ1v) is 8.65. The minimum atomic E-state index is -3.74. The summed E-state index contributed by atoms with van der Waals surface area (Å²) in [6, 6.07) is 10.3. The Morgan fingerprint density at radius 1 is 0.913 bits per heavy atom. The molecule has 0 fully saturated rings. The molecular formula is C17H20N2O3S. The van der Waals surface area contributed by atoms with Crippen molar-refractivity contribution in [3.8, 4) is 0 Å². The molecule has 0 bridgehead atoms. The van der Waals surface area contributed by atoms with Gasteiger partial charge in [-0.3, -0.25) is 9.52 Å². The van der Waals surface area contributed by atoms with Gasteiger partial charge in [0.25, 0.3) is 10.0 Å². The first-order valence-electron chi connectivity index (χ1n) is 7.17. The smallest absolute Gasteiger partial charge is 0.262 e. The van der Waals surface area contributed by atoms with Crippen LogP contribution in [0.1, 0.15) is 23.6 Å². The Labute approximate surface area is 136 Å². The van der Waals surface area contributed by atoms with Gasteiger partial charge in [-0.1, -0.05) is 12.1 Å². The van der Waals surface area contributed by atoms with Crippen molar-refractivity contribution >= 4 is 27.3 Å². The summed E-state index contributed by atoms with van der Waals surface area (Å²) in [5.41, 5.74) is 3.53. The summed E-state index contributed by atoms with van der Waals surface area (Å²) in [6.45, 7) is 6.91. The van der Waals surface area contributed by atoms with Crippen LogP contribution in [0.2, 0.25) is 0 Å². The zero-order chi connectivity index (χ0) is 17.2. The van der Waals surface area contributed by atoms with Crippen molar-refractivity contribution < 1.29 is 13.2 Å². The Hall–Kier alpha value is -2.34. The van der Waals surface area contributed by atoms with E-state index in [1.165, 1.54) is 13.0 Å². The molecule has 0 radical (unpaired) electrons. The van der Waals surface area contributed by atoms with Crippen LogP contribution in [0, 0.1) is 20.8 Å². The third kappa shape index (κ3) is 4.32. The molecule has 0 atom stereocenters. The largest absolute Gasteiger partial charge is 0.326 e. The number of carbonyl (C=O) groups excluding carboxylic acids is 1. The first-order chi connectivity index (χ1) is 10.7. The van der Waals surface area contributed by atoms with Gasteiger partial charge in [-0.05, 0) is 61.7 Å². The number of amides is 1. The van der Waals surface area contributed by atoms with Gasteiger partial charge in [0.15, 0.2) is 0 Å². The number of carbonyl (C=O) groups is 1. The van der Waals surface area contributed by atoms with E-state index in [4.69, 9.17) is 0 Å². The maximum atomic E-state index is 12.7.